The van der Waals surface area contributed by atoms with Gasteiger partial charge in [-0.15, -0.1) is 0 Å². The fourth-order valence-electron chi connectivity index (χ4n) is 10.6. The Morgan fingerprint density at radius 2 is 0.895 bits per heavy atom. The number of amidine groups is 4. The molecule has 1 aliphatic heterocycles. The summed E-state index contributed by atoms with van der Waals surface area (Å²) in [6.45, 7) is 4.29. The molecule has 1 unspecified atom stereocenters. The second-order valence-corrected chi connectivity index (χ2v) is 19.0. The maximum atomic E-state index is 6.60. The third-order valence-corrected chi connectivity index (χ3v) is 14.4. The Bertz CT molecular complexity index is 4280. The monoisotopic (exact) mass is 978 g/mol. The van der Waals surface area contributed by atoms with Gasteiger partial charge in [-0.25, -0.2) is 20.0 Å². The topological polar surface area (TPSA) is 88.6 Å². The molecule has 76 heavy (non-hydrogen) atoms. The minimum Gasteiger partial charge on any atom is -0.383 e. The van der Waals surface area contributed by atoms with Gasteiger partial charge >= 0.3 is 0 Å². The fraction of sp³-hybridized carbons (Fsp3) is 0.0294. The Kier molecular flexibility index (Phi) is 11.6. The van der Waals surface area contributed by atoms with E-state index in [2.05, 4.69) is 198 Å². The normalized spacial score (nSPS) is 14.1. The molecule has 0 spiro atoms. The van der Waals surface area contributed by atoms with Crippen LogP contribution in [0.5, 0.6) is 0 Å². The molecule has 10 aromatic carbocycles. The van der Waals surface area contributed by atoms with E-state index in [9.17, 15) is 0 Å². The molecule has 8 nitrogen and oxygen atoms in total. The highest BCUT2D eigenvalue weighted by Crippen LogP contribution is 2.39. The van der Waals surface area contributed by atoms with Crippen LogP contribution in [0.15, 0.2) is 281 Å². The summed E-state index contributed by atoms with van der Waals surface area (Å²) in [5.41, 5.74) is 21.8. The summed E-state index contributed by atoms with van der Waals surface area (Å²) < 4.78 is 4.70. The molecule has 0 amide bonds. The molecule has 3 heterocycles. The molecule has 0 saturated carbocycles. The summed E-state index contributed by atoms with van der Waals surface area (Å²) in [7, 11) is 2.08. The number of aromatic nitrogens is 2. The summed E-state index contributed by atoms with van der Waals surface area (Å²) in [5.74, 6) is 2.45. The Balaban J connectivity index is 0.844. The maximum absolute atomic E-state index is 6.60. The average Bonchev–Trinajstić information content (AvgIpc) is 4.06. The zero-order valence-electron chi connectivity index (χ0n) is 41.7. The number of nitrogens with zero attached hydrogens (tertiary/aromatic N) is 7. The molecule has 1 atom stereocenters. The first-order valence-corrected chi connectivity index (χ1v) is 25.4. The number of aliphatic imine (C=N–C) groups is 4. The van der Waals surface area contributed by atoms with Gasteiger partial charge in [0.15, 0.2) is 11.7 Å². The van der Waals surface area contributed by atoms with Crippen LogP contribution < -0.4 is 5.73 Å². The van der Waals surface area contributed by atoms with E-state index in [1.807, 2.05) is 84.9 Å². The van der Waals surface area contributed by atoms with E-state index in [0.717, 1.165) is 89.6 Å². The van der Waals surface area contributed by atoms with E-state index in [1.165, 1.54) is 21.5 Å². The largest absolute Gasteiger partial charge is 0.383 e. The first-order valence-electron chi connectivity index (χ1n) is 25.4. The van der Waals surface area contributed by atoms with Gasteiger partial charge in [-0.1, -0.05) is 176 Å². The lowest BCUT2D eigenvalue weighted by atomic mass is 10.0. The van der Waals surface area contributed by atoms with Gasteiger partial charge in [0, 0.05) is 62.2 Å². The van der Waals surface area contributed by atoms with Gasteiger partial charge in [0.1, 0.15) is 17.8 Å². The van der Waals surface area contributed by atoms with Crippen LogP contribution in [0.2, 0.25) is 0 Å². The molecule has 13 rings (SSSR count). The van der Waals surface area contributed by atoms with Gasteiger partial charge in [0.05, 0.1) is 27.8 Å². The molecule has 2 N–H and O–H groups in total. The molecule has 0 bridgehead atoms. The third kappa shape index (κ3) is 8.34. The highest BCUT2D eigenvalue weighted by molar-refractivity contribution is 6.15. The second kappa shape index (κ2) is 19.3. The van der Waals surface area contributed by atoms with Gasteiger partial charge < -0.3 is 19.8 Å². The van der Waals surface area contributed by atoms with E-state index in [-0.39, 0.29) is 6.17 Å². The van der Waals surface area contributed by atoms with E-state index < -0.39 is 0 Å². The Morgan fingerprint density at radius 3 is 1.46 bits per heavy atom. The number of rotatable bonds is 10. The first-order chi connectivity index (χ1) is 37.4. The summed E-state index contributed by atoms with van der Waals surface area (Å²) in [5, 5.41) is 4.74. The molecule has 0 saturated heterocycles. The number of benzene rings is 10. The number of hydrogen-bond acceptors (Lipinski definition) is 4. The molecular formula is C68H50N8. The van der Waals surface area contributed by atoms with Crippen molar-refractivity contribution in [1.82, 2.24) is 14.0 Å². The molecule has 12 aromatic rings. The van der Waals surface area contributed by atoms with Crippen LogP contribution in [-0.2, 0) is 0 Å². The number of fused-ring (bicyclic) bond motifs is 6. The molecule has 1 aliphatic rings. The standard InChI is InChI=1S/C68H50N8/c1-45(46-19-7-3-8-20-46)70-65(71-64(69)47-21-9-4-10-22-47)49-31-37-54(38-32-49)75-60-29-17-15-27-56(60)58-43-52(35-41-62(58)75)53-36-42-63-59(44-53)57-28-16-18-30-61(57)76(63)55-39-33-51(34-40-55)68-73-66(48-23-11-5-12-24-48)72-67(74(68)2)50-25-13-6-14-26-50/h3-44,67H,1H2,2H3,(H2,69,70,71). The molecule has 2 aromatic heterocycles. The molecule has 8 heteroatoms. The predicted octanol–water partition coefficient (Wildman–Crippen LogP) is 15.2. The van der Waals surface area contributed by atoms with E-state index >= 15 is 0 Å². The van der Waals surface area contributed by atoms with Crippen molar-refractivity contribution in [3.05, 3.63) is 295 Å². The third-order valence-electron chi connectivity index (χ3n) is 14.4. The van der Waals surface area contributed by atoms with E-state index in [1.54, 1.807) is 0 Å². The van der Waals surface area contributed by atoms with Crippen molar-refractivity contribution in [2.75, 3.05) is 7.05 Å². The van der Waals surface area contributed by atoms with Crippen molar-refractivity contribution < 1.29 is 0 Å². The van der Waals surface area contributed by atoms with Crippen LogP contribution in [0, 0.1) is 0 Å². The van der Waals surface area contributed by atoms with Crippen molar-refractivity contribution in [2.45, 2.75) is 6.17 Å². The zero-order chi connectivity index (χ0) is 51.1. The molecule has 362 valence electrons. The van der Waals surface area contributed by atoms with Crippen LogP contribution >= 0.6 is 0 Å². The van der Waals surface area contributed by atoms with Gasteiger partial charge in [-0.3, -0.25) is 0 Å². The predicted molar refractivity (Wildman–Crippen MR) is 316 cm³/mol. The average molecular weight is 979 g/mol. The zero-order valence-corrected chi connectivity index (χ0v) is 41.7. The lowest BCUT2D eigenvalue weighted by Gasteiger charge is -2.32. The molecule has 0 fully saturated rings. The van der Waals surface area contributed by atoms with Crippen LogP contribution in [0.25, 0.3) is 71.8 Å². The maximum Gasteiger partial charge on any atom is 0.162 e. The van der Waals surface area contributed by atoms with Crippen molar-refractivity contribution in [2.24, 2.45) is 25.7 Å². The molecule has 0 radical (unpaired) electrons. The van der Waals surface area contributed by atoms with E-state index in [0.29, 0.717) is 17.4 Å². The second-order valence-electron chi connectivity index (χ2n) is 19.0. The molecule has 0 aliphatic carbocycles. The summed E-state index contributed by atoms with van der Waals surface area (Å²) in [6.07, 6.45) is -0.216. The minimum atomic E-state index is -0.216. The highest BCUT2D eigenvalue weighted by Gasteiger charge is 2.27. The van der Waals surface area contributed by atoms with Gasteiger partial charge in [-0.2, -0.15) is 0 Å². The lowest BCUT2D eigenvalue weighted by Crippen LogP contribution is -2.35. The number of hydrogen-bond donors (Lipinski definition) is 1. The van der Waals surface area contributed by atoms with Crippen LogP contribution in [0.3, 0.4) is 0 Å². The van der Waals surface area contributed by atoms with Gasteiger partial charge in [-0.05, 0) is 107 Å². The van der Waals surface area contributed by atoms with Crippen LogP contribution in [0.1, 0.15) is 39.5 Å². The highest BCUT2D eigenvalue weighted by atomic mass is 15.3. The van der Waals surface area contributed by atoms with Gasteiger partial charge in [0.25, 0.3) is 0 Å². The van der Waals surface area contributed by atoms with Crippen molar-refractivity contribution >= 4 is 72.7 Å². The number of para-hydroxylation sites is 2. The lowest BCUT2D eigenvalue weighted by molar-refractivity contribution is 0.383. The molecular weight excluding hydrogens is 929 g/mol. The smallest absolute Gasteiger partial charge is 0.162 e. The Labute approximate surface area is 440 Å². The van der Waals surface area contributed by atoms with Gasteiger partial charge in [0.2, 0.25) is 0 Å². The summed E-state index contributed by atoms with van der Waals surface area (Å²) >= 11 is 0. The summed E-state index contributed by atoms with van der Waals surface area (Å²) in [6, 6.07) is 88.5. The summed E-state index contributed by atoms with van der Waals surface area (Å²) in [4.78, 5) is 22.3. The van der Waals surface area contributed by atoms with E-state index in [4.69, 9.17) is 25.7 Å². The SMILES string of the molecule is C=C(N=C(N=C(N)c1ccccc1)c1ccc(-n2c3ccccc3c3cc(-c4ccc5c(c4)c4ccccc4n5-c4ccc(C5=NC(c6ccccc6)=NC(c6ccccc6)N5C)cc4)ccc32)cc1)c1ccccc1. The minimum absolute atomic E-state index is 0.216. The van der Waals surface area contributed by atoms with Crippen molar-refractivity contribution in [3.8, 4) is 22.5 Å². The fourth-order valence-corrected chi connectivity index (χ4v) is 10.6. The Hall–Kier alpha value is -10.2. The Morgan fingerprint density at radius 1 is 0.434 bits per heavy atom. The van der Waals surface area contributed by atoms with Crippen LogP contribution in [-0.4, -0.2) is 44.4 Å². The first kappa shape index (κ1) is 45.7. The number of nitrogens with two attached hydrogens (primary N) is 1. The van der Waals surface area contributed by atoms with Crippen LogP contribution in [0.4, 0.5) is 0 Å². The van der Waals surface area contributed by atoms with Crippen molar-refractivity contribution in [3.63, 3.8) is 0 Å². The van der Waals surface area contributed by atoms with Crippen molar-refractivity contribution in [1.29, 1.82) is 0 Å². The quantitative estimate of drug-likeness (QED) is 0.109.